The molecule has 0 aromatic carbocycles. The van der Waals surface area contributed by atoms with Gasteiger partial charge in [-0.1, -0.05) is 0 Å². The molecule has 1 heterocycles. The van der Waals surface area contributed by atoms with Gasteiger partial charge in [0.1, 0.15) is 6.10 Å². The van der Waals surface area contributed by atoms with Crippen LogP contribution in [-0.2, 0) is 14.3 Å². The summed E-state index contributed by atoms with van der Waals surface area (Å²) < 4.78 is 5.65. The molecule has 0 unspecified atom stereocenters. The fourth-order valence-corrected chi connectivity index (χ4v) is 2.75. The lowest BCUT2D eigenvalue weighted by Gasteiger charge is -2.37. The Balaban J connectivity index is 1.84. The van der Waals surface area contributed by atoms with Crippen LogP contribution in [0.5, 0.6) is 0 Å². The smallest absolute Gasteiger partial charge is 0.303 e. The summed E-state index contributed by atoms with van der Waals surface area (Å²) in [5, 5.41) is 8.80. The average molecular weight is 283 g/mol. The fraction of sp³-hybridized carbons (Fsp3) is 0.867. The standard InChI is InChI=1S/C15H25NO4/c1-11(20-10-12-5-6-12)15(19)16-9-3-2-4-13(16)7-8-14(17)18/h11-13H,2-10H2,1H3,(H,17,18)/t11-,13-/m1/s1. The van der Waals surface area contributed by atoms with Crippen LogP contribution in [0.1, 0.15) is 51.9 Å². The Morgan fingerprint density at radius 3 is 2.70 bits per heavy atom. The van der Waals surface area contributed by atoms with E-state index in [1.807, 2.05) is 11.8 Å². The fourth-order valence-electron chi connectivity index (χ4n) is 2.75. The van der Waals surface area contributed by atoms with Gasteiger partial charge in [0.2, 0.25) is 0 Å². The molecule has 2 fully saturated rings. The van der Waals surface area contributed by atoms with Gasteiger partial charge in [0.05, 0.1) is 6.61 Å². The lowest BCUT2D eigenvalue weighted by atomic mass is 9.97. The third-order valence-corrected chi connectivity index (χ3v) is 4.23. The number of carbonyl (C=O) groups excluding carboxylic acids is 1. The van der Waals surface area contributed by atoms with E-state index in [4.69, 9.17) is 9.84 Å². The van der Waals surface area contributed by atoms with Gasteiger partial charge >= 0.3 is 5.97 Å². The Hall–Kier alpha value is -1.10. The third-order valence-electron chi connectivity index (χ3n) is 4.23. The molecule has 1 N–H and O–H groups in total. The minimum absolute atomic E-state index is 0.0285. The first-order valence-electron chi connectivity index (χ1n) is 7.72. The molecular formula is C15H25NO4. The normalized spacial score (nSPS) is 24.4. The van der Waals surface area contributed by atoms with Crippen molar-refractivity contribution in [3.05, 3.63) is 0 Å². The van der Waals surface area contributed by atoms with E-state index in [0.717, 1.165) is 25.8 Å². The number of amides is 1. The topological polar surface area (TPSA) is 66.8 Å². The van der Waals surface area contributed by atoms with Crippen molar-refractivity contribution in [3.8, 4) is 0 Å². The third kappa shape index (κ3) is 4.47. The van der Waals surface area contributed by atoms with Crippen LogP contribution in [0.3, 0.4) is 0 Å². The van der Waals surface area contributed by atoms with Crippen molar-refractivity contribution in [1.29, 1.82) is 0 Å². The van der Waals surface area contributed by atoms with Crippen LogP contribution in [0, 0.1) is 5.92 Å². The number of carboxylic acids is 1. The number of carboxylic acid groups (broad SMARTS) is 1. The Kier molecular flexibility index (Phi) is 5.40. The second-order valence-corrected chi connectivity index (χ2v) is 6.03. The molecule has 114 valence electrons. The Morgan fingerprint density at radius 1 is 1.30 bits per heavy atom. The summed E-state index contributed by atoms with van der Waals surface area (Å²) >= 11 is 0. The summed E-state index contributed by atoms with van der Waals surface area (Å²) in [6.07, 6.45) is 5.70. The highest BCUT2D eigenvalue weighted by Gasteiger charge is 2.31. The lowest BCUT2D eigenvalue weighted by molar-refractivity contribution is -0.148. The van der Waals surface area contributed by atoms with Gasteiger partial charge in [-0.15, -0.1) is 0 Å². The SMILES string of the molecule is C[C@@H](OCC1CC1)C(=O)N1CCCC[C@@H]1CCC(=O)O. The molecule has 0 aromatic heterocycles. The van der Waals surface area contributed by atoms with E-state index < -0.39 is 12.1 Å². The number of aliphatic carboxylic acids is 1. The van der Waals surface area contributed by atoms with Crippen molar-refractivity contribution in [3.63, 3.8) is 0 Å². The second-order valence-electron chi connectivity index (χ2n) is 6.03. The highest BCUT2D eigenvalue weighted by atomic mass is 16.5. The number of piperidine rings is 1. The molecule has 0 bridgehead atoms. The quantitative estimate of drug-likeness (QED) is 0.776. The molecule has 20 heavy (non-hydrogen) atoms. The number of likely N-dealkylation sites (tertiary alicyclic amines) is 1. The molecule has 1 saturated carbocycles. The zero-order valence-corrected chi connectivity index (χ0v) is 12.2. The molecule has 2 rings (SSSR count). The van der Waals surface area contributed by atoms with Crippen molar-refractivity contribution in [2.45, 2.75) is 64.0 Å². The number of carbonyl (C=O) groups is 2. The van der Waals surface area contributed by atoms with E-state index >= 15 is 0 Å². The van der Waals surface area contributed by atoms with E-state index in [1.165, 1.54) is 12.8 Å². The van der Waals surface area contributed by atoms with Crippen LogP contribution in [0.4, 0.5) is 0 Å². The molecule has 0 radical (unpaired) electrons. The molecule has 2 aliphatic rings. The van der Waals surface area contributed by atoms with Crippen LogP contribution in [-0.4, -0.2) is 47.2 Å². The van der Waals surface area contributed by atoms with Gasteiger partial charge in [0, 0.05) is 19.0 Å². The van der Waals surface area contributed by atoms with Crippen molar-refractivity contribution in [2.24, 2.45) is 5.92 Å². The van der Waals surface area contributed by atoms with E-state index in [0.29, 0.717) is 18.9 Å². The van der Waals surface area contributed by atoms with E-state index in [9.17, 15) is 9.59 Å². The molecule has 2 atom stereocenters. The van der Waals surface area contributed by atoms with Gasteiger partial charge in [-0.2, -0.15) is 0 Å². The van der Waals surface area contributed by atoms with E-state index in [-0.39, 0.29) is 18.4 Å². The van der Waals surface area contributed by atoms with Crippen molar-refractivity contribution < 1.29 is 19.4 Å². The lowest BCUT2D eigenvalue weighted by Crippen LogP contribution is -2.48. The van der Waals surface area contributed by atoms with Gasteiger partial charge in [0.25, 0.3) is 5.91 Å². The molecule has 1 saturated heterocycles. The second kappa shape index (κ2) is 7.07. The molecule has 5 nitrogen and oxygen atoms in total. The summed E-state index contributed by atoms with van der Waals surface area (Å²) in [6.45, 7) is 3.23. The van der Waals surface area contributed by atoms with Gasteiger partial charge in [-0.25, -0.2) is 0 Å². The van der Waals surface area contributed by atoms with Gasteiger partial charge in [-0.3, -0.25) is 9.59 Å². The summed E-state index contributed by atoms with van der Waals surface area (Å²) in [5.41, 5.74) is 0. The predicted molar refractivity (Wildman–Crippen MR) is 74.4 cm³/mol. The maximum Gasteiger partial charge on any atom is 0.303 e. The Labute approximate surface area is 120 Å². The van der Waals surface area contributed by atoms with E-state index in [2.05, 4.69) is 0 Å². The highest BCUT2D eigenvalue weighted by molar-refractivity contribution is 5.81. The number of ether oxygens (including phenoxy) is 1. The number of hydrogen-bond donors (Lipinski definition) is 1. The first-order valence-corrected chi connectivity index (χ1v) is 7.72. The van der Waals surface area contributed by atoms with E-state index in [1.54, 1.807) is 0 Å². The van der Waals surface area contributed by atoms with Crippen LogP contribution >= 0.6 is 0 Å². The molecule has 0 aromatic rings. The average Bonchev–Trinajstić information content (AvgIpc) is 3.26. The minimum atomic E-state index is -0.791. The highest BCUT2D eigenvalue weighted by Crippen LogP contribution is 2.29. The minimum Gasteiger partial charge on any atom is -0.481 e. The van der Waals surface area contributed by atoms with Crippen molar-refractivity contribution in [2.75, 3.05) is 13.2 Å². The molecule has 0 spiro atoms. The van der Waals surface area contributed by atoms with Crippen LogP contribution in [0.25, 0.3) is 0 Å². The van der Waals surface area contributed by atoms with Gasteiger partial charge in [-0.05, 0) is 51.4 Å². The number of hydrogen-bond acceptors (Lipinski definition) is 3. The first kappa shape index (κ1) is 15.3. The van der Waals surface area contributed by atoms with Gasteiger partial charge in [0.15, 0.2) is 0 Å². The van der Waals surface area contributed by atoms with Crippen molar-refractivity contribution in [1.82, 2.24) is 4.90 Å². The largest absolute Gasteiger partial charge is 0.481 e. The summed E-state index contributed by atoms with van der Waals surface area (Å²) in [6, 6.07) is 0.0688. The molecule has 5 heteroatoms. The monoisotopic (exact) mass is 283 g/mol. The summed E-state index contributed by atoms with van der Waals surface area (Å²) in [7, 11) is 0. The molecular weight excluding hydrogens is 258 g/mol. The maximum atomic E-state index is 12.4. The maximum absolute atomic E-state index is 12.4. The number of nitrogens with zero attached hydrogens (tertiary/aromatic N) is 1. The molecule has 1 amide bonds. The van der Waals surface area contributed by atoms with Crippen molar-refractivity contribution >= 4 is 11.9 Å². The Morgan fingerprint density at radius 2 is 2.05 bits per heavy atom. The summed E-state index contributed by atoms with van der Waals surface area (Å²) in [4.78, 5) is 25.0. The first-order chi connectivity index (χ1) is 9.58. The van der Waals surface area contributed by atoms with Gasteiger partial charge < -0.3 is 14.7 Å². The summed E-state index contributed by atoms with van der Waals surface area (Å²) in [5.74, 6) is -0.115. The number of rotatable bonds is 7. The Bertz CT molecular complexity index is 354. The molecule has 1 aliphatic carbocycles. The molecule has 1 aliphatic heterocycles. The van der Waals surface area contributed by atoms with Crippen LogP contribution in [0.2, 0.25) is 0 Å². The zero-order chi connectivity index (χ0) is 14.5. The zero-order valence-electron chi connectivity index (χ0n) is 12.2. The van der Waals surface area contributed by atoms with Crippen LogP contribution < -0.4 is 0 Å². The predicted octanol–water partition coefficient (Wildman–Crippen LogP) is 2.05. The van der Waals surface area contributed by atoms with Crippen LogP contribution in [0.15, 0.2) is 0 Å².